The molecule has 0 saturated heterocycles. The average molecular weight is 297 g/mol. The van der Waals surface area contributed by atoms with Gasteiger partial charge < -0.3 is 19.8 Å². The highest BCUT2D eigenvalue weighted by Crippen LogP contribution is 2.02. The number of rotatable bonds is 10. The summed E-state index contributed by atoms with van der Waals surface area (Å²) in [5.74, 6) is 1.27. The average Bonchev–Trinajstić information content (AvgIpc) is 2.46. The topological polar surface area (TPSA) is 64.1 Å². The summed E-state index contributed by atoms with van der Waals surface area (Å²) in [6, 6.07) is -0.308. The van der Waals surface area contributed by atoms with Crippen molar-refractivity contribution in [1.29, 1.82) is 0 Å². The molecule has 0 bridgehead atoms. The summed E-state index contributed by atoms with van der Waals surface area (Å²) < 4.78 is 0. The van der Waals surface area contributed by atoms with E-state index in [1.54, 1.807) is 4.90 Å². The van der Waals surface area contributed by atoms with Gasteiger partial charge in [0.1, 0.15) is 6.54 Å². The first-order chi connectivity index (χ1) is 9.99. The van der Waals surface area contributed by atoms with Crippen molar-refractivity contribution < 1.29 is 14.7 Å². The number of hydrogen-bond acceptors (Lipinski definition) is 3. The summed E-state index contributed by atoms with van der Waals surface area (Å²) in [6.07, 6.45) is 6.06. The van der Waals surface area contributed by atoms with Crippen molar-refractivity contribution in [1.82, 2.24) is 14.7 Å². The molecule has 0 rings (SSSR count). The fourth-order valence-corrected chi connectivity index (χ4v) is 2.08. The Bertz CT molecular complexity index is 362. The molecule has 6 heteroatoms. The smallest absolute Gasteiger partial charge is 0.323 e. The van der Waals surface area contributed by atoms with Gasteiger partial charge in [0.2, 0.25) is 0 Å². The van der Waals surface area contributed by atoms with Gasteiger partial charge in [-0.25, -0.2) is 4.79 Å². The van der Waals surface area contributed by atoms with Crippen LogP contribution >= 0.6 is 0 Å². The van der Waals surface area contributed by atoms with Crippen molar-refractivity contribution in [2.24, 2.45) is 0 Å². The molecule has 0 aliphatic carbocycles. The van der Waals surface area contributed by atoms with Crippen LogP contribution in [0, 0.1) is 12.3 Å². The number of carboxylic acids is 1. The van der Waals surface area contributed by atoms with E-state index in [0.717, 1.165) is 26.1 Å². The summed E-state index contributed by atoms with van der Waals surface area (Å²) in [7, 11) is 0. The number of aliphatic carboxylic acids is 1. The van der Waals surface area contributed by atoms with E-state index in [4.69, 9.17) is 11.5 Å². The maximum atomic E-state index is 12.3. The van der Waals surface area contributed by atoms with Gasteiger partial charge >= 0.3 is 12.0 Å². The van der Waals surface area contributed by atoms with Gasteiger partial charge in [-0.05, 0) is 33.0 Å². The van der Waals surface area contributed by atoms with Crippen LogP contribution in [0.4, 0.5) is 4.79 Å². The second-order valence-electron chi connectivity index (χ2n) is 4.70. The molecule has 0 spiro atoms. The monoisotopic (exact) mass is 297 g/mol. The number of hydrogen-bond donors (Lipinski definition) is 1. The molecule has 0 aliphatic heterocycles. The highest BCUT2D eigenvalue weighted by atomic mass is 16.4. The molecule has 0 aromatic rings. The van der Waals surface area contributed by atoms with Gasteiger partial charge in [0.25, 0.3) is 0 Å². The first-order valence-corrected chi connectivity index (χ1v) is 7.41. The molecule has 0 aromatic carbocycles. The van der Waals surface area contributed by atoms with E-state index in [1.807, 2.05) is 6.92 Å². The zero-order chi connectivity index (χ0) is 16.3. The molecule has 0 atom stereocenters. The summed E-state index contributed by atoms with van der Waals surface area (Å²) in [4.78, 5) is 28.2. The lowest BCUT2D eigenvalue weighted by Crippen LogP contribution is -2.46. The van der Waals surface area contributed by atoms with E-state index in [-0.39, 0.29) is 19.1 Å². The second-order valence-corrected chi connectivity index (χ2v) is 4.70. The molecular weight excluding hydrogens is 270 g/mol. The van der Waals surface area contributed by atoms with Crippen molar-refractivity contribution in [2.75, 3.05) is 45.8 Å². The van der Waals surface area contributed by atoms with Crippen molar-refractivity contribution in [3.05, 3.63) is 0 Å². The molecule has 0 aliphatic rings. The zero-order valence-corrected chi connectivity index (χ0v) is 13.3. The van der Waals surface area contributed by atoms with E-state index in [1.165, 1.54) is 4.90 Å². The van der Waals surface area contributed by atoms with Crippen molar-refractivity contribution in [2.45, 2.75) is 27.2 Å². The number of amides is 2. The zero-order valence-electron chi connectivity index (χ0n) is 13.3. The Kier molecular flexibility index (Phi) is 10.1. The quantitative estimate of drug-likeness (QED) is 0.615. The Labute approximate surface area is 127 Å². The van der Waals surface area contributed by atoms with Crippen LogP contribution in [-0.2, 0) is 4.79 Å². The number of carboxylic acid groups (broad SMARTS) is 1. The standard InChI is InChI=1S/C15H27N3O3/c1-5-10-18(13-14(19)20)15(21)17(8-4)12-9-11-16(6-2)7-3/h1H,6-13H2,2-4H3,(H,19,20). The lowest BCUT2D eigenvalue weighted by atomic mass is 10.3. The molecule has 0 saturated carbocycles. The molecule has 0 heterocycles. The van der Waals surface area contributed by atoms with Gasteiger partial charge in [0, 0.05) is 13.1 Å². The van der Waals surface area contributed by atoms with Crippen LogP contribution in [0.5, 0.6) is 0 Å². The minimum absolute atomic E-state index is 0.0116. The molecular formula is C15H27N3O3. The molecule has 2 amide bonds. The van der Waals surface area contributed by atoms with Gasteiger partial charge in [0.15, 0.2) is 0 Å². The predicted molar refractivity (Wildman–Crippen MR) is 83.1 cm³/mol. The lowest BCUT2D eigenvalue weighted by Gasteiger charge is -2.28. The van der Waals surface area contributed by atoms with E-state index < -0.39 is 5.97 Å². The lowest BCUT2D eigenvalue weighted by molar-refractivity contribution is -0.137. The number of urea groups is 1. The van der Waals surface area contributed by atoms with Crippen molar-refractivity contribution in [3.8, 4) is 12.3 Å². The normalized spacial score (nSPS) is 10.2. The van der Waals surface area contributed by atoms with Gasteiger partial charge in [-0.15, -0.1) is 6.42 Å². The predicted octanol–water partition coefficient (Wildman–Crippen LogP) is 1.18. The molecule has 0 aromatic heterocycles. The second kappa shape index (κ2) is 11.0. The van der Waals surface area contributed by atoms with E-state index >= 15 is 0 Å². The van der Waals surface area contributed by atoms with Crippen LogP contribution in [0.1, 0.15) is 27.2 Å². The Morgan fingerprint density at radius 2 is 1.67 bits per heavy atom. The Morgan fingerprint density at radius 3 is 2.10 bits per heavy atom. The highest BCUT2D eigenvalue weighted by molar-refractivity contribution is 5.80. The third kappa shape index (κ3) is 7.57. The third-order valence-electron chi connectivity index (χ3n) is 3.33. The molecule has 6 nitrogen and oxygen atoms in total. The van der Waals surface area contributed by atoms with Gasteiger partial charge in [-0.2, -0.15) is 0 Å². The van der Waals surface area contributed by atoms with Crippen LogP contribution in [-0.4, -0.2) is 77.6 Å². The summed E-state index contributed by atoms with van der Waals surface area (Å²) in [5.41, 5.74) is 0. The highest BCUT2D eigenvalue weighted by Gasteiger charge is 2.21. The molecule has 21 heavy (non-hydrogen) atoms. The Balaban J connectivity index is 4.50. The minimum Gasteiger partial charge on any atom is -0.480 e. The minimum atomic E-state index is -1.06. The Morgan fingerprint density at radius 1 is 1.05 bits per heavy atom. The first-order valence-electron chi connectivity index (χ1n) is 7.41. The van der Waals surface area contributed by atoms with Crippen LogP contribution in [0.3, 0.4) is 0 Å². The van der Waals surface area contributed by atoms with Gasteiger partial charge in [0.05, 0.1) is 6.54 Å². The fourth-order valence-electron chi connectivity index (χ4n) is 2.08. The van der Waals surface area contributed by atoms with E-state index in [0.29, 0.717) is 13.1 Å². The van der Waals surface area contributed by atoms with Gasteiger partial charge in [-0.1, -0.05) is 19.8 Å². The number of carbonyl (C=O) groups excluding carboxylic acids is 1. The Hall–Kier alpha value is -1.74. The number of nitrogens with zero attached hydrogens (tertiary/aromatic N) is 3. The fraction of sp³-hybridized carbons (Fsp3) is 0.733. The molecule has 0 fully saturated rings. The number of carbonyl (C=O) groups is 2. The summed E-state index contributed by atoms with van der Waals surface area (Å²) in [5, 5.41) is 8.84. The van der Waals surface area contributed by atoms with Crippen molar-refractivity contribution in [3.63, 3.8) is 0 Å². The maximum Gasteiger partial charge on any atom is 0.323 e. The van der Waals surface area contributed by atoms with Crippen LogP contribution in [0.15, 0.2) is 0 Å². The molecule has 0 radical (unpaired) electrons. The largest absolute Gasteiger partial charge is 0.480 e. The molecule has 1 N–H and O–H groups in total. The molecule has 0 unspecified atom stereocenters. The van der Waals surface area contributed by atoms with Crippen molar-refractivity contribution >= 4 is 12.0 Å². The SMILES string of the molecule is C#CCN(CC(=O)O)C(=O)N(CC)CCCN(CC)CC. The molecule has 120 valence electrons. The summed E-state index contributed by atoms with van der Waals surface area (Å²) in [6.45, 7) is 9.77. The van der Waals surface area contributed by atoms with Crippen LogP contribution in [0.25, 0.3) is 0 Å². The summed E-state index contributed by atoms with van der Waals surface area (Å²) >= 11 is 0. The third-order valence-corrected chi connectivity index (χ3v) is 3.33. The van der Waals surface area contributed by atoms with Gasteiger partial charge in [-0.3, -0.25) is 4.79 Å². The van der Waals surface area contributed by atoms with Crippen LogP contribution in [0.2, 0.25) is 0 Å². The van der Waals surface area contributed by atoms with E-state index in [9.17, 15) is 9.59 Å². The number of terminal acetylenes is 1. The first kappa shape index (κ1) is 19.3. The van der Waals surface area contributed by atoms with Crippen LogP contribution < -0.4 is 0 Å². The maximum absolute atomic E-state index is 12.3. The van der Waals surface area contributed by atoms with E-state index in [2.05, 4.69) is 24.7 Å².